The van der Waals surface area contributed by atoms with E-state index >= 15 is 0 Å². The van der Waals surface area contributed by atoms with Crippen LogP contribution >= 0.6 is 12.4 Å². The quantitative estimate of drug-likeness (QED) is 0.891. The smallest absolute Gasteiger partial charge is 0.307 e. The van der Waals surface area contributed by atoms with E-state index < -0.39 is 17.7 Å². The number of piperidine rings is 1. The number of anilines is 1. The molecule has 1 amide bonds. The number of carbonyl (C=O) groups is 2. The number of carboxylic acids is 1. The Hall–Kier alpha value is -1.66. The van der Waals surface area contributed by atoms with Crippen molar-refractivity contribution in [2.75, 3.05) is 25.0 Å². The number of hydrogen-bond donors (Lipinski definition) is 2. The van der Waals surface area contributed by atoms with Crippen molar-refractivity contribution >= 4 is 30.0 Å². The molecule has 7 heteroatoms. The van der Waals surface area contributed by atoms with Crippen LogP contribution in [0.1, 0.15) is 12.8 Å². The molecule has 1 unspecified atom stereocenters. The Morgan fingerprint density at radius 3 is 2.76 bits per heavy atom. The minimum Gasteiger partial charge on any atom is -0.481 e. The summed E-state index contributed by atoms with van der Waals surface area (Å²) in [7, 11) is 0. The van der Waals surface area contributed by atoms with Gasteiger partial charge in [-0.05, 0) is 31.5 Å². The lowest BCUT2D eigenvalue weighted by Gasteiger charge is -2.29. The lowest BCUT2D eigenvalue weighted by atomic mass is 9.98. The van der Waals surface area contributed by atoms with Crippen molar-refractivity contribution in [1.82, 2.24) is 4.90 Å². The number of para-hydroxylation sites is 1. The number of carbonyl (C=O) groups excluding carboxylic acids is 1. The van der Waals surface area contributed by atoms with Crippen molar-refractivity contribution in [2.24, 2.45) is 5.92 Å². The van der Waals surface area contributed by atoms with Crippen LogP contribution in [0.2, 0.25) is 0 Å². The molecule has 21 heavy (non-hydrogen) atoms. The Bertz CT molecular complexity index is 513. The van der Waals surface area contributed by atoms with Crippen LogP contribution in [-0.2, 0) is 9.59 Å². The highest BCUT2D eigenvalue weighted by atomic mass is 35.5. The molecule has 0 aliphatic carbocycles. The first-order valence-corrected chi connectivity index (χ1v) is 6.56. The number of likely N-dealkylation sites (tertiary alicyclic amines) is 1. The van der Waals surface area contributed by atoms with Crippen molar-refractivity contribution in [3.63, 3.8) is 0 Å². The SMILES string of the molecule is Cl.O=C(CN1CCCC(C(=O)O)C1)Nc1ccccc1F. The summed E-state index contributed by atoms with van der Waals surface area (Å²) in [6, 6.07) is 5.95. The Morgan fingerprint density at radius 1 is 1.38 bits per heavy atom. The molecule has 1 heterocycles. The van der Waals surface area contributed by atoms with Crippen LogP contribution in [0.4, 0.5) is 10.1 Å². The highest BCUT2D eigenvalue weighted by molar-refractivity contribution is 5.92. The molecule has 0 saturated carbocycles. The largest absolute Gasteiger partial charge is 0.481 e. The number of aliphatic carboxylic acids is 1. The second kappa shape index (κ2) is 7.95. The number of carboxylic acid groups (broad SMARTS) is 1. The number of rotatable bonds is 4. The molecule has 0 bridgehead atoms. The minimum absolute atomic E-state index is 0. The summed E-state index contributed by atoms with van der Waals surface area (Å²) in [5.41, 5.74) is 0.143. The van der Waals surface area contributed by atoms with Gasteiger partial charge in [-0.15, -0.1) is 12.4 Å². The van der Waals surface area contributed by atoms with E-state index in [-0.39, 0.29) is 30.5 Å². The van der Waals surface area contributed by atoms with E-state index in [0.29, 0.717) is 19.5 Å². The number of hydrogen-bond acceptors (Lipinski definition) is 3. The van der Waals surface area contributed by atoms with Crippen LogP contribution in [0.3, 0.4) is 0 Å². The summed E-state index contributed by atoms with van der Waals surface area (Å²) in [6.07, 6.45) is 1.39. The number of halogens is 2. The number of nitrogens with one attached hydrogen (secondary N) is 1. The van der Waals surface area contributed by atoms with Gasteiger partial charge in [0.25, 0.3) is 0 Å². The number of amides is 1. The molecular formula is C14H18ClFN2O3. The van der Waals surface area contributed by atoms with Gasteiger partial charge in [-0.3, -0.25) is 14.5 Å². The van der Waals surface area contributed by atoms with Crippen LogP contribution < -0.4 is 5.32 Å². The Morgan fingerprint density at radius 2 is 2.10 bits per heavy atom. The summed E-state index contributed by atoms with van der Waals surface area (Å²) in [4.78, 5) is 24.6. The molecule has 1 aromatic rings. The molecule has 0 spiro atoms. The van der Waals surface area contributed by atoms with E-state index in [2.05, 4.69) is 5.32 Å². The highest BCUT2D eigenvalue weighted by Gasteiger charge is 2.26. The van der Waals surface area contributed by atoms with Crippen LogP contribution in [0.25, 0.3) is 0 Å². The topological polar surface area (TPSA) is 69.6 Å². The predicted molar refractivity (Wildman–Crippen MR) is 79.1 cm³/mol. The van der Waals surface area contributed by atoms with Crippen LogP contribution in [0, 0.1) is 11.7 Å². The summed E-state index contributed by atoms with van der Waals surface area (Å²) < 4.78 is 13.4. The minimum atomic E-state index is -0.829. The van der Waals surface area contributed by atoms with E-state index in [1.165, 1.54) is 12.1 Å². The molecule has 1 fully saturated rings. The van der Waals surface area contributed by atoms with Crippen molar-refractivity contribution in [3.8, 4) is 0 Å². The maximum Gasteiger partial charge on any atom is 0.307 e. The normalized spacial score (nSPS) is 18.6. The predicted octanol–water partition coefficient (Wildman–Crippen LogP) is 1.98. The van der Waals surface area contributed by atoms with Gasteiger partial charge in [0.15, 0.2) is 0 Å². The molecule has 1 aromatic carbocycles. The van der Waals surface area contributed by atoms with Crippen molar-refractivity contribution in [3.05, 3.63) is 30.1 Å². The zero-order valence-electron chi connectivity index (χ0n) is 11.4. The fourth-order valence-electron chi connectivity index (χ4n) is 2.36. The van der Waals surface area contributed by atoms with Crippen molar-refractivity contribution < 1.29 is 19.1 Å². The zero-order valence-corrected chi connectivity index (χ0v) is 12.2. The fraction of sp³-hybridized carbons (Fsp3) is 0.429. The van der Waals surface area contributed by atoms with Crippen molar-refractivity contribution in [2.45, 2.75) is 12.8 Å². The van der Waals surface area contributed by atoms with E-state index in [9.17, 15) is 14.0 Å². The molecule has 1 aliphatic heterocycles. The average Bonchev–Trinajstić information content (AvgIpc) is 2.41. The maximum absolute atomic E-state index is 13.4. The molecule has 0 aromatic heterocycles. The molecule has 2 N–H and O–H groups in total. The second-order valence-electron chi connectivity index (χ2n) is 4.94. The van der Waals surface area contributed by atoms with Crippen LogP contribution in [0.15, 0.2) is 24.3 Å². The zero-order chi connectivity index (χ0) is 14.5. The third kappa shape index (κ3) is 4.99. The van der Waals surface area contributed by atoms with Gasteiger partial charge >= 0.3 is 5.97 Å². The van der Waals surface area contributed by atoms with Gasteiger partial charge < -0.3 is 10.4 Å². The molecule has 1 aliphatic rings. The first kappa shape index (κ1) is 17.4. The Kier molecular flexibility index (Phi) is 6.58. The molecule has 5 nitrogen and oxygen atoms in total. The summed E-state index contributed by atoms with van der Waals surface area (Å²) >= 11 is 0. The third-order valence-corrected chi connectivity index (χ3v) is 3.37. The number of nitrogens with zero attached hydrogens (tertiary/aromatic N) is 1. The standard InChI is InChI=1S/C14H17FN2O3.ClH/c15-11-5-1-2-6-12(11)16-13(18)9-17-7-3-4-10(8-17)14(19)20;/h1-2,5-6,10H,3-4,7-9H2,(H,16,18)(H,19,20);1H. The fourth-order valence-corrected chi connectivity index (χ4v) is 2.36. The third-order valence-electron chi connectivity index (χ3n) is 3.37. The number of benzene rings is 1. The second-order valence-corrected chi connectivity index (χ2v) is 4.94. The summed E-state index contributed by atoms with van der Waals surface area (Å²) in [5, 5.41) is 11.5. The van der Waals surface area contributed by atoms with Gasteiger partial charge in [-0.25, -0.2) is 4.39 Å². The Balaban J connectivity index is 0.00000220. The lowest BCUT2D eigenvalue weighted by molar-refractivity contribution is -0.144. The van der Waals surface area contributed by atoms with Gasteiger partial charge in [0.1, 0.15) is 5.82 Å². The van der Waals surface area contributed by atoms with E-state index in [1.807, 2.05) is 0 Å². The van der Waals surface area contributed by atoms with E-state index in [0.717, 1.165) is 6.42 Å². The molecule has 1 atom stereocenters. The lowest BCUT2D eigenvalue weighted by Crippen LogP contribution is -2.42. The molecule has 0 radical (unpaired) electrons. The average molecular weight is 317 g/mol. The first-order chi connectivity index (χ1) is 9.56. The van der Waals surface area contributed by atoms with Crippen LogP contribution in [-0.4, -0.2) is 41.5 Å². The monoisotopic (exact) mass is 316 g/mol. The highest BCUT2D eigenvalue weighted by Crippen LogP contribution is 2.17. The van der Waals surface area contributed by atoms with Gasteiger partial charge in [-0.1, -0.05) is 12.1 Å². The van der Waals surface area contributed by atoms with Gasteiger partial charge in [0.2, 0.25) is 5.91 Å². The van der Waals surface area contributed by atoms with Gasteiger partial charge in [0.05, 0.1) is 18.2 Å². The summed E-state index contributed by atoms with van der Waals surface area (Å²) in [6.45, 7) is 1.13. The summed E-state index contributed by atoms with van der Waals surface area (Å²) in [5.74, 6) is -2.07. The van der Waals surface area contributed by atoms with E-state index in [4.69, 9.17) is 5.11 Å². The first-order valence-electron chi connectivity index (χ1n) is 6.56. The molecule has 2 rings (SSSR count). The molecular weight excluding hydrogens is 299 g/mol. The van der Waals surface area contributed by atoms with Gasteiger partial charge in [0, 0.05) is 6.54 Å². The maximum atomic E-state index is 13.4. The van der Waals surface area contributed by atoms with Gasteiger partial charge in [-0.2, -0.15) is 0 Å². The van der Waals surface area contributed by atoms with Crippen molar-refractivity contribution in [1.29, 1.82) is 0 Å². The Labute approximate surface area is 128 Å². The van der Waals surface area contributed by atoms with Crippen LogP contribution in [0.5, 0.6) is 0 Å². The molecule has 1 saturated heterocycles. The van der Waals surface area contributed by atoms with E-state index in [1.54, 1.807) is 17.0 Å². The molecule has 116 valence electrons.